The number of aromatic hydroxyl groups is 2. The van der Waals surface area contributed by atoms with Crippen LogP contribution in [0.2, 0.25) is 0 Å². The van der Waals surface area contributed by atoms with Gasteiger partial charge in [0.25, 0.3) is 0 Å². The first kappa shape index (κ1) is 21.9. The van der Waals surface area contributed by atoms with Crippen molar-refractivity contribution in [2.45, 2.75) is 39.5 Å². The Kier molecular flexibility index (Phi) is 8.72. The van der Waals surface area contributed by atoms with E-state index < -0.39 is 11.8 Å². The number of rotatable bonds is 10. The number of carbonyl (C=O) groups excluding carboxylic acids is 2. The fourth-order valence-corrected chi connectivity index (χ4v) is 2.35. The standard InChI is InChI=1S/C21H24O6/c1-14(5-3-7-15(2)13-22)6-4-8-16(21(26)27)11-20(25)18-12-17(23)9-10-19(18)24/h6-7,9-13,23-24H,3-5,8H2,1-2H3,(H,26,27)/b14-6+,15-7+,16-11-. The second-order valence-corrected chi connectivity index (χ2v) is 6.23. The summed E-state index contributed by atoms with van der Waals surface area (Å²) in [6, 6.07) is 3.49. The van der Waals surface area contributed by atoms with Crippen LogP contribution in [0.25, 0.3) is 0 Å². The topological polar surface area (TPSA) is 112 Å². The first-order valence-electron chi connectivity index (χ1n) is 8.52. The minimum absolute atomic E-state index is 0.0801. The van der Waals surface area contributed by atoms with Crippen molar-refractivity contribution in [1.82, 2.24) is 0 Å². The first-order valence-corrected chi connectivity index (χ1v) is 8.52. The van der Waals surface area contributed by atoms with Gasteiger partial charge < -0.3 is 15.3 Å². The molecule has 0 bridgehead atoms. The van der Waals surface area contributed by atoms with Crippen LogP contribution in [0.3, 0.4) is 0 Å². The minimum Gasteiger partial charge on any atom is -0.508 e. The molecular formula is C21H24O6. The summed E-state index contributed by atoms with van der Waals surface area (Å²) in [5, 5.41) is 28.4. The average molecular weight is 372 g/mol. The van der Waals surface area contributed by atoms with Gasteiger partial charge in [0.05, 0.1) is 5.56 Å². The fourth-order valence-electron chi connectivity index (χ4n) is 2.35. The Morgan fingerprint density at radius 2 is 1.70 bits per heavy atom. The van der Waals surface area contributed by atoms with Gasteiger partial charge in [-0.05, 0) is 69.4 Å². The van der Waals surface area contributed by atoms with Crippen molar-refractivity contribution in [3.8, 4) is 11.5 Å². The number of hydrogen-bond acceptors (Lipinski definition) is 5. The maximum absolute atomic E-state index is 12.2. The summed E-state index contributed by atoms with van der Waals surface area (Å²) in [6.07, 6.45) is 7.59. The number of carboxylic acid groups (broad SMARTS) is 1. The predicted molar refractivity (Wildman–Crippen MR) is 102 cm³/mol. The van der Waals surface area contributed by atoms with E-state index in [4.69, 9.17) is 0 Å². The van der Waals surface area contributed by atoms with Gasteiger partial charge in [0.1, 0.15) is 17.8 Å². The molecule has 0 amide bonds. The number of carboxylic acids is 1. The van der Waals surface area contributed by atoms with Gasteiger partial charge in [0.2, 0.25) is 0 Å². The number of aliphatic carboxylic acids is 1. The molecule has 1 rings (SSSR count). The molecule has 1 aromatic carbocycles. The summed E-state index contributed by atoms with van der Waals surface area (Å²) < 4.78 is 0. The maximum Gasteiger partial charge on any atom is 0.331 e. The highest BCUT2D eigenvalue weighted by molar-refractivity contribution is 6.10. The number of carbonyl (C=O) groups is 3. The second kappa shape index (κ2) is 10.8. The van der Waals surface area contributed by atoms with E-state index in [1.54, 1.807) is 6.92 Å². The molecule has 0 fully saturated rings. The van der Waals surface area contributed by atoms with Crippen molar-refractivity contribution < 1.29 is 29.7 Å². The second-order valence-electron chi connectivity index (χ2n) is 6.23. The summed E-state index contributed by atoms with van der Waals surface area (Å²) in [4.78, 5) is 34.1. The maximum atomic E-state index is 12.2. The number of hydrogen-bond donors (Lipinski definition) is 3. The molecule has 0 saturated heterocycles. The lowest BCUT2D eigenvalue weighted by atomic mass is 10.0. The lowest BCUT2D eigenvalue weighted by molar-refractivity contribution is -0.132. The van der Waals surface area contributed by atoms with E-state index in [1.807, 2.05) is 19.1 Å². The highest BCUT2D eigenvalue weighted by atomic mass is 16.4. The number of benzene rings is 1. The summed E-state index contributed by atoms with van der Waals surface area (Å²) in [5.74, 6) is -2.42. The molecule has 0 unspecified atom stereocenters. The monoisotopic (exact) mass is 372 g/mol. The minimum atomic E-state index is -1.21. The number of aldehydes is 1. The highest BCUT2D eigenvalue weighted by Gasteiger charge is 2.14. The SMILES string of the molecule is C/C(C=O)=C\CC/C(C)=C/CC/C(=C/C(=O)c1cc(O)ccc1O)C(=O)O. The molecule has 0 saturated carbocycles. The zero-order chi connectivity index (χ0) is 20.4. The Labute approximate surface area is 158 Å². The lowest BCUT2D eigenvalue weighted by Gasteiger charge is -2.04. The van der Waals surface area contributed by atoms with E-state index >= 15 is 0 Å². The molecule has 6 heteroatoms. The number of phenolic OH excluding ortho intramolecular Hbond substituents is 2. The Morgan fingerprint density at radius 1 is 1.04 bits per heavy atom. The van der Waals surface area contributed by atoms with Gasteiger partial charge in [0, 0.05) is 5.57 Å². The average Bonchev–Trinajstić information content (AvgIpc) is 2.62. The van der Waals surface area contributed by atoms with E-state index in [0.29, 0.717) is 12.0 Å². The fraction of sp³-hybridized carbons (Fsp3) is 0.286. The van der Waals surface area contributed by atoms with Gasteiger partial charge in [0.15, 0.2) is 5.78 Å². The van der Waals surface area contributed by atoms with E-state index in [1.165, 1.54) is 12.1 Å². The van der Waals surface area contributed by atoms with Crippen LogP contribution in [0.5, 0.6) is 11.5 Å². The van der Waals surface area contributed by atoms with Gasteiger partial charge in [-0.2, -0.15) is 0 Å². The Hall–Kier alpha value is -3.15. The van der Waals surface area contributed by atoms with Crippen molar-refractivity contribution in [3.05, 3.63) is 58.7 Å². The van der Waals surface area contributed by atoms with Crippen LogP contribution >= 0.6 is 0 Å². The Balaban J connectivity index is 2.76. The van der Waals surface area contributed by atoms with Crippen molar-refractivity contribution in [2.75, 3.05) is 0 Å². The summed E-state index contributed by atoms with van der Waals surface area (Å²) in [7, 11) is 0. The zero-order valence-electron chi connectivity index (χ0n) is 15.4. The third-order valence-corrected chi connectivity index (χ3v) is 3.92. The van der Waals surface area contributed by atoms with Crippen LogP contribution in [0.1, 0.15) is 49.9 Å². The van der Waals surface area contributed by atoms with Crippen molar-refractivity contribution in [2.24, 2.45) is 0 Å². The molecule has 0 aliphatic carbocycles. The molecule has 0 aromatic heterocycles. The van der Waals surface area contributed by atoms with E-state index in [9.17, 15) is 29.7 Å². The molecule has 6 nitrogen and oxygen atoms in total. The van der Waals surface area contributed by atoms with Crippen molar-refractivity contribution >= 4 is 18.0 Å². The van der Waals surface area contributed by atoms with E-state index in [0.717, 1.165) is 36.8 Å². The Bertz CT molecular complexity index is 799. The largest absolute Gasteiger partial charge is 0.508 e. The van der Waals surface area contributed by atoms with Gasteiger partial charge in [-0.25, -0.2) is 4.79 Å². The van der Waals surface area contributed by atoms with Gasteiger partial charge in [-0.3, -0.25) is 9.59 Å². The molecular weight excluding hydrogens is 348 g/mol. The smallest absolute Gasteiger partial charge is 0.331 e. The third-order valence-electron chi connectivity index (χ3n) is 3.92. The van der Waals surface area contributed by atoms with Crippen LogP contribution in [0.15, 0.2) is 53.1 Å². The van der Waals surface area contributed by atoms with Gasteiger partial charge in [-0.15, -0.1) is 0 Å². The molecule has 27 heavy (non-hydrogen) atoms. The normalized spacial score (nSPS) is 12.7. The summed E-state index contributed by atoms with van der Waals surface area (Å²) in [6.45, 7) is 3.65. The molecule has 0 atom stereocenters. The van der Waals surface area contributed by atoms with Crippen LogP contribution in [-0.2, 0) is 9.59 Å². The number of allylic oxidation sites excluding steroid dienone is 5. The van der Waals surface area contributed by atoms with Crippen LogP contribution in [0, 0.1) is 0 Å². The molecule has 1 aromatic rings. The van der Waals surface area contributed by atoms with Crippen LogP contribution in [-0.4, -0.2) is 33.4 Å². The highest BCUT2D eigenvalue weighted by Crippen LogP contribution is 2.23. The zero-order valence-corrected chi connectivity index (χ0v) is 15.4. The van der Waals surface area contributed by atoms with Crippen molar-refractivity contribution in [1.29, 1.82) is 0 Å². The first-order chi connectivity index (χ1) is 12.7. The number of ketones is 1. The predicted octanol–water partition coefficient (Wildman–Crippen LogP) is 3.94. The van der Waals surface area contributed by atoms with Gasteiger partial charge in [-0.1, -0.05) is 17.7 Å². The van der Waals surface area contributed by atoms with Gasteiger partial charge >= 0.3 is 5.97 Å². The molecule has 0 heterocycles. The molecule has 0 radical (unpaired) electrons. The van der Waals surface area contributed by atoms with Crippen LogP contribution in [0.4, 0.5) is 0 Å². The summed E-state index contributed by atoms with van der Waals surface area (Å²) >= 11 is 0. The number of phenols is 2. The third kappa shape index (κ3) is 7.73. The molecule has 144 valence electrons. The Morgan fingerprint density at radius 3 is 2.33 bits per heavy atom. The molecule has 3 N–H and O–H groups in total. The molecule has 0 aliphatic heterocycles. The quantitative estimate of drug-likeness (QED) is 0.188. The molecule has 0 spiro atoms. The van der Waals surface area contributed by atoms with E-state index in [-0.39, 0.29) is 29.1 Å². The lowest BCUT2D eigenvalue weighted by Crippen LogP contribution is -2.05. The van der Waals surface area contributed by atoms with E-state index in [2.05, 4.69) is 0 Å². The molecule has 0 aliphatic rings. The van der Waals surface area contributed by atoms with Crippen molar-refractivity contribution in [3.63, 3.8) is 0 Å². The summed E-state index contributed by atoms with van der Waals surface area (Å²) in [5.41, 5.74) is 1.50. The van der Waals surface area contributed by atoms with Crippen LogP contribution < -0.4 is 0 Å².